The van der Waals surface area contributed by atoms with Crippen molar-refractivity contribution in [3.63, 3.8) is 0 Å². The molecule has 2 fully saturated rings. The van der Waals surface area contributed by atoms with Crippen LogP contribution < -0.4 is 20.4 Å². The molecule has 1 atom stereocenters. The number of thioether (sulfide) groups is 1. The van der Waals surface area contributed by atoms with Crippen molar-refractivity contribution in [2.45, 2.75) is 4.90 Å². The van der Waals surface area contributed by atoms with E-state index in [4.69, 9.17) is 9.72 Å². The standard InChI is InChI=1S/C27H33N7O3S2/c1-38-24-19-28-25(31-26(24)33-15-17-37-18-16-33)20-3-5-21(6-4-20)29-27(35)30-22-7-9-23(10-8-22)32-11-13-34(14-12-32)39(2)36/h3-10,19H,11-18H2,1-2H3,(H2,29,30,35). The lowest BCUT2D eigenvalue weighted by Gasteiger charge is -2.34. The third-order valence-corrected chi connectivity index (χ3v) is 8.58. The van der Waals surface area contributed by atoms with Gasteiger partial charge in [0.1, 0.15) is 5.82 Å². The molecular formula is C27H33N7O3S2. The number of rotatable bonds is 7. The molecular weight excluding hydrogens is 534 g/mol. The maximum atomic E-state index is 12.6. The Morgan fingerprint density at radius 3 is 2.10 bits per heavy atom. The molecule has 2 saturated heterocycles. The van der Waals surface area contributed by atoms with Crippen molar-refractivity contribution in [3.05, 3.63) is 54.7 Å². The molecule has 2 amide bonds. The summed E-state index contributed by atoms with van der Waals surface area (Å²) in [5, 5.41) is 5.77. The van der Waals surface area contributed by atoms with E-state index in [-0.39, 0.29) is 6.03 Å². The molecule has 0 aliphatic carbocycles. The van der Waals surface area contributed by atoms with E-state index in [1.165, 1.54) is 0 Å². The van der Waals surface area contributed by atoms with E-state index in [2.05, 4.69) is 25.4 Å². The Morgan fingerprint density at radius 2 is 1.51 bits per heavy atom. The SMILES string of the molecule is CSc1cnc(-c2ccc(NC(=O)Nc3ccc(N4CCN(S(C)=O)CC4)cc3)cc2)nc1N1CCOCC1. The van der Waals surface area contributed by atoms with E-state index in [9.17, 15) is 9.00 Å². The number of hydrogen-bond acceptors (Lipinski definition) is 8. The largest absolute Gasteiger partial charge is 0.378 e. The number of urea groups is 1. The summed E-state index contributed by atoms with van der Waals surface area (Å²) < 4.78 is 19.1. The van der Waals surface area contributed by atoms with Crippen LogP contribution in [0.15, 0.2) is 59.6 Å². The number of nitrogens with one attached hydrogen (secondary N) is 2. The van der Waals surface area contributed by atoms with Gasteiger partial charge in [0.15, 0.2) is 5.82 Å². The van der Waals surface area contributed by atoms with Crippen molar-refractivity contribution < 1.29 is 13.7 Å². The molecule has 12 heteroatoms. The summed E-state index contributed by atoms with van der Waals surface area (Å²) in [6.07, 6.45) is 5.62. The van der Waals surface area contributed by atoms with E-state index in [0.717, 1.165) is 61.2 Å². The number of amides is 2. The number of benzene rings is 2. The molecule has 2 aliphatic heterocycles. The monoisotopic (exact) mass is 567 g/mol. The van der Waals surface area contributed by atoms with Crippen LogP contribution in [0.4, 0.5) is 27.7 Å². The van der Waals surface area contributed by atoms with Crippen LogP contribution in [0.5, 0.6) is 0 Å². The zero-order valence-electron chi connectivity index (χ0n) is 22.1. The fourth-order valence-corrected chi connectivity index (χ4v) is 5.79. The van der Waals surface area contributed by atoms with Crippen LogP contribution in [-0.2, 0) is 15.7 Å². The molecule has 2 aromatic carbocycles. The summed E-state index contributed by atoms with van der Waals surface area (Å²) in [5.41, 5.74) is 3.35. The van der Waals surface area contributed by atoms with E-state index in [0.29, 0.717) is 30.4 Å². The number of carbonyl (C=O) groups excluding carboxylic acids is 1. The van der Waals surface area contributed by atoms with Crippen LogP contribution in [0.1, 0.15) is 0 Å². The van der Waals surface area contributed by atoms with Gasteiger partial charge < -0.3 is 25.2 Å². The van der Waals surface area contributed by atoms with Gasteiger partial charge in [-0.25, -0.2) is 23.3 Å². The minimum absolute atomic E-state index is 0.315. The van der Waals surface area contributed by atoms with Gasteiger partial charge >= 0.3 is 6.03 Å². The second kappa shape index (κ2) is 12.8. The second-order valence-corrected chi connectivity index (χ2v) is 11.4. The Balaban J connectivity index is 1.17. The molecule has 2 N–H and O–H groups in total. The molecule has 0 saturated carbocycles. The molecule has 2 aliphatic rings. The fourth-order valence-electron chi connectivity index (χ4n) is 4.60. The quantitative estimate of drug-likeness (QED) is 0.416. The smallest absolute Gasteiger partial charge is 0.323 e. The van der Waals surface area contributed by atoms with Crippen LogP contribution in [0.2, 0.25) is 0 Å². The summed E-state index contributed by atoms with van der Waals surface area (Å²) in [7, 11) is -0.926. The number of carbonyl (C=O) groups is 1. The number of aromatic nitrogens is 2. The first-order chi connectivity index (χ1) is 19.0. The van der Waals surface area contributed by atoms with Crippen molar-refractivity contribution >= 4 is 51.7 Å². The highest BCUT2D eigenvalue weighted by atomic mass is 32.2. The highest BCUT2D eigenvalue weighted by Gasteiger charge is 2.20. The topological polar surface area (TPSA) is 103 Å². The van der Waals surface area contributed by atoms with Crippen LogP contribution >= 0.6 is 11.8 Å². The van der Waals surface area contributed by atoms with Crippen molar-refractivity contribution in [1.82, 2.24) is 14.3 Å². The zero-order valence-corrected chi connectivity index (χ0v) is 23.8. The Hall–Kier alpha value is -3.19. The summed E-state index contributed by atoms with van der Waals surface area (Å²) in [4.78, 5) is 27.6. The van der Waals surface area contributed by atoms with E-state index in [1.807, 2.05) is 65.3 Å². The van der Waals surface area contributed by atoms with Gasteiger partial charge in [0, 0.05) is 74.3 Å². The van der Waals surface area contributed by atoms with Crippen molar-refractivity contribution in [2.75, 3.05) is 85.4 Å². The molecule has 0 bridgehead atoms. The Morgan fingerprint density at radius 1 is 0.897 bits per heavy atom. The maximum absolute atomic E-state index is 12.6. The van der Waals surface area contributed by atoms with Crippen molar-refractivity contribution in [1.29, 1.82) is 0 Å². The Kier molecular flexibility index (Phi) is 8.97. The van der Waals surface area contributed by atoms with Gasteiger partial charge in [0.25, 0.3) is 0 Å². The Bertz CT molecular complexity index is 1290. The Labute approximate surface area is 235 Å². The number of morpholine rings is 1. The molecule has 3 heterocycles. The van der Waals surface area contributed by atoms with Gasteiger partial charge in [-0.2, -0.15) is 0 Å². The molecule has 0 radical (unpaired) electrons. The average molecular weight is 568 g/mol. The van der Waals surface area contributed by atoms with E-state index < -0.39 is 11.0 Å². The van der Waals surface area contributed by atoms with Gasteiger partial charge in [-0.05, 0) is 54.8 Å². The van der Waals surface area contributed by atoms with Gasteiger partial charge in [0.2, 0.25) is 0 Å². The molecule has 1 unspecified atom stereocenters. The minimum Gasteiger partial charge on any atom is -0.378 e. The van der Waals surface area contributed by atoms with Crippen molar-refractivity contribution in [2.24, 2.45) is 0 Å². The highest BCUT2D eigenvalue weighted by molar-refractivity contribution is 7.98. The second-order valence-electron chi connectivity index (χ2n) is 9.23. The van der Waals surface area contributed by atoms with Gasteiger partial charge in [0.05, 0.1) is 29.1 Å². The number of nitrogens with zero attached hydrogens (tertiary/aromatic N) is 5. The molecule has 3 aromatic rings. The predicted molar refractivity (Wildman–Crippen MR) is 159 cm³/mol. The zero-order chi connectivity index (χ0) is 27.2. The number of hydrogen-bond donors (Lipinski definition) is 2. The van der Waals surface area contributed by atoms with Gasteiger partial charge in [-0.15, -0.1) is 11.8 Å². The normalized spacial score (nSPS) is 17.1. The van der Waals surface area contributed by atoms with Gasteiger partial charge in [-0.3, -0.25) is 0 Å². The molecule has 1 aromatic heterocycles. The number of ether oxygens (including phenoxy) is 1. The third-order valence-electron chi connectivity index (χ3n) is 6.76. The third kappa shape index (κ3) is 6.88. The lowest BCUT2D eigenvalue weighted by atomic mass is 10.2. The summed E-state index contributed by atoms with van der Waals surface area (Å²) in [5.74, 6) is 1.58. The summed E-state index contributed by atoms with van der Waals surface area (Å²) in [6.45, 7) is 6.20. The molecule has 206 valence electrons. The summed E-state index contributed by atoms with van der Waals surface area (Å²) >= 11 is 1.64. The first kappa shape index (κ1) is 27.4. The van der Waals surface area contributed by atoms with Crippen LogP contribution in [0, 0.1) is 0 Å². The molecule has 0 spiro atoms. The predicted octanol–water partition coefficient (Wildman–Crippen LogP) is 3.76. The lowest BCUT2D eigenvalue weighted by molar-refractivity contribution is 0.122. The fraction of sp³-hybridized carbons (Fsp3) is 0.370. The van der Waals surface area contributed by atoms with Crippen LogP contribution in [0.25, 0.3) is 11.4 Å². The van der Waals surface area contributed by atoms with Gasteiger partial charge in [-0.1, -0.05) is 0 Å². The average Bonchev–Trinajstić information content (AvgIpc) is 2.98. The first-order valence-corrected chi connectivity index (χ1v) is 15.6. The number of piperazine rings is 1. The lowest BCUT2D eigenvalue weighted by Crippen LogP contribution is -2.46. The minimum atomic E-state index is -0.926. The van der Waals surface area contributed by atoms with Crippen LogP contribution in [0.3, 0.4) is 0 Å². The van der Waals surface area contributed by atoms with Crippen LogP contribution in [-0.4, -0.2) is 89.5 Å². The maximum Gasteiger partial charge on any atom is 0.323 e. The summed E-state index contributed by atoms with van der Waals surface area (Å²) in [6, 6.07) is 15.0. The first-order valence-electron chi connectivity index (χ1n) is 12.9. The molecule has 39 heavy (non-hydrogen) atoms. The highest BCUT2D eigenvalue weighted by Crippen LogP contribution is 2.29. The molecule has 10 nitrogen and oxygen atoms in total. The van der Waals surface area contributed by atoms with E-state index >= 15 is 0 Å². The van der Waals surface area contributed by atoms with Crippen molar-refractivity contribution in [3.8, 4) is 11.4 Å². The number of anilines is 4. The molecule has 5 rings (SSSR count). The van der Waals surface area contributed by atoms with E-state index in [1.54, 1.807) is 18.0 Å².